The molecule has 0 saturated heterocycles. The summed E-state index contributed by atoms with van der Waals surface area (Å²) in [6.07, 6.45) is 4.00. The smallest absolute Gasteiger partial charge is 0.125 e. The molecule has 1 aromatic heterocycles. The van der Waals surface area contributed by atoms with Crippen LogP contribution < -0.4 is 5.32 Å². The van der Waals surface area contributed by atoms with Crippen LogP contribution in [0.25, 0.3) is 0 Å². The van der Waals surface area contributed by atoms with Crippen molar-refractivity contribution < 1.29 is 4.42 Å². The van der Waals surface area contributed by atoms with Gasteiger partial charge in [-0.25, -0.2) is 0 Å². The summed E-state index contributed by atoms with van der Waals surface area (Å²) in [6.45, 7) is 7.04. The molecule has 124 valence electrons. The summed E-state index contributed by atoms with van der Waals surface area (Å²) >= 11 is 0. The van der Waals surface area contributed by atoms with Gasteiger partial charge in [0.15, 0.2) is 0 Å². The van der Waals surface area contributed by atoms with Gasteiger partial charge in [0.1, 0.15) is 5.76 Å². The molecular weight excluding hydrogens is 298 g/mol. The molecule has 0 saturated carbocycles. The van der Waals surface area contributed by atoms with Crippen molar-refractivity contribution in [1.82, 2.24) is 10.2 Å². The fraction of sp³-hybridized carbons (Fsp3) is 0.350. The van der Waals surface area contributed by atoms with Gasteiger partial charge in [-0.2, -0.15) is 0 Å². The normalized spacial score (nSPS) is 22.6. The zero-order valence-electron chi connectivity index (χ0n) is 14.2. The first-order valence-corrected chi connectivity index (χ1v) is 8.51. The predicted molar refractivity (Wildman–Crippen MR) is 95.9 cm³/mol. The van der Waals surface area contributed by atoms with Crippen molar-refractivity contribution in [2.75, 3.05) is 13.1 Å². The standard InChI is InChI=1S/C20H23N3O/c1-20(2)19-16(14-23(20)13-15-7-4-3-5-8-15)18(21-10-11-22-19)17-9-6-12-24-17/h3-9,12,14,18,21H,10-11,13H2,1-2H3. The molecular formula is C20H23N3O. The Hall–Kier alpha value is -2.33. The lowest BCUT2D eigenvalue weighted by Crippen LogP contribution is -2.42. The number of aliphatic imine (C=N–C) groups is 1. The van der Waals surface area contributed by atoms with E-state index in [1.807, 2.05) is 12.1 Å². The molecule has 3 heterocycles. The highest BCUT2D eigenvalue weighted by atomic mass is 16.3. The fourth-order valence-corrected chi connectivity index (χ4v) is 3.59. The molecule has 2 aliphatic heterocycles. The molecule has 4 rings (SSSR count). The van der Waals surface area contributed by atoms with Crippen molar-refractivity contribution in [2.45, 2.75) is 32.0 Å². The van der Waals surface area contributed by atoms with Gasteiger partial charge in [-0.05, 0) is 31.5 Å². The summed E-state index contributed by atoms with van der Waals surface area (Å²) in [5.41, 5.74) is 3.58. The molecule has 0 spiro atoms. The van der Waals surface area contributed by atoms with E-state index in [9.17, 15) is 0 Å². The molecule has 1 N–H and O–H groups in total. The lowest BCUT2D eigenvalue weighted by atomic mass is 9.91. The number of furan rings is 1. The van der Waals surface area contributed by atoms with E-state index in [1.54, 1.807) is 6.26 Å². The number of hydrogen-bond donors (Lipinski definition) is 1. The molecule has 0 bridgehead atoms. The highest BCUT2D eigenvalue weighted by molar-refractivity contribution is 6.09. The monoisotopic (exact) mass is 321 g/mol. The Balaban J connectivity index is 1.71. The highest BCUT2D eigenvalue weighted by Gasteiger charge is 2.42. The molecule has 1 aromatic carbocycles. The van der Waals surface area contributed by atoms with Gasteiger partial charge in [-0.1, -0.05) is 30.3 Å². The third-order valence-corrected chi connectivity index (χ3v) is 4.93. The zero-order valence-corrected chi connectivity index (χ0v) is 14.2. The van der Waals surface area contributed by atoms with E-state index in [0.29, 0.717) is 0 Å². The highest BCUT2D eigenvalue weighted by Crippen LogP contribution is 2.38. The molecule has 0 aliphatic carbocycles. The van der Waals surface area contributed by atoms with Crippen LogP contribution in [-0.4, -0.2) is 29.2 Å². The summed E-state index contributed by atoms with van der Waals surface area (Å²) < 4.78 is 5.68. The van der Waals surface area contributed by atoms with Crippen LogP contribution in [0.15, 0.2) is 69.9 Å². The van der Waals surface area contributed by atoms with E-state index in [-0.39, 0.29) is 11.6 Å². The number of rotatable bonds is 3. The second kappa shape index (κ2) is 5.95. The van der Waals surface area contributed by atoms with Crippen LogP contribution in [0.1, 0.15) is 31.2 Å². The maximum atomic E-state index is 5.68. The molecule has 4 nitrogen and oxygen atoms in total. The Morgan fingerprint density at radius 1 is 1.21 bits per heavy atom. The zero-order chi connectivity index (χ0) is 16.6. The minimum absolute atomic E-state index is 0.0706. The van der Waals surface area contributed by atoms with Crippen LogP contribution in [-0.2, 0) is 6.54 Å². The third kappa shape index (κ3) is 2.57. The van der Waals surface area contributed by atoms with Gasteiger partial charge in [0.05, 0.1) is 30.1 Å². The molecule has 2 aromatic rings. The van der Waals surface area contributed by atoms with E-state index in [1.165, 1.54) is 16.8 Å². The first kappa shape index (κ1) is 15.2. The molecule has 0 amide bonds. The molecule has 24 heavy (non-hydrogen) atoms. The van der Waals surface area contributed by atoms with Gasteiger partial charge < -0.3 is 14.6 Å². The van der Waals surface area contributed by atoms with Crippen LogP contribution in [0.3, 0.4) is 0 Å². The number of nitrogens with one attached hydrogen (secondary N) is 1. The Labute approximate surface area is 142 Å². The van der Waals surface area contributed by atoms with E-state index >= 15 is 0 Å². The Morgan fingerprint density at radius 3 is 2.79 bits per heavy atom. The van der Waals surface area contributed by atoms with Gasteiger partial charge in [-0.3, -0.25) is 4.99 Å². The Bertz CT molecular complexity index is 759. The lowest BCUT2D eigenvalue weighted by Gasteiger charge is -2.33. The fourth-order valence-electron chi connectivity index (χ4n) is 3.59. The topological polar surface area (TPSA) is 40.8 Å². The van der Waals surface area contributed by atoms with E-state index in [2.05, 4.69) is 60.6 Å². The predicted octanol–water partition coefficient (Wildman–Crippen LogP) is 3.54. The SMILES string of the molecule is CC1(C)C2=NCCNC(c3ccco3)C2=CN1Cc1ccccc1. The molecule has 0 fully saturated rings. The number of fused-ring (bicyclic) bond motifs is 1. The first-order chi connectivity index (χ1) is 11.7. The summed E-state index contributed by atoms with van der Waals surface area (Å²) in [6, 6.07) is 14.6. The largest absolute Gasteiger partial charge is 0.467 e. The second-order valence-corrected chi connectivity index (χ2v) is 6.89. The number of benzene rings is 1. The maximum absolute atomic E-state index is 5.68. The average Bonchev–Trinajstić information content (AvgIpc) is 3.12. The minimum Gasteiger partial charge on any atom is -0.467 e. The lowest BCUT2D eigenvalue weighted by molar-refractivity contribution is 0.259. The van der Waals surface area contributed by atoms with Gasteiger partial charge >= 0.3 is 0 Å². The van der Waals surface area contributed by atoms with E-state index in [0.717, 1.165) is 25.4 Å². The van der Waals surface area contributed by atoms with Crippen LogP contribution in [0.5, 0.6) is 0 Å². The van der Waals surface area contributed by atoms with Crippen molar-refractivity contribution in [3.63, 3.8) is 0 Å². The molecule has 4 heteroatoms. The van der Waals surface area contributed by atoms with Gasteiger partial charge in [0.25, 0.3) is 0 Å². The van der Waals surface area contributed by atoms with Crippen LogP contribution in [0.4, 0.5) is 0 Å². The molecule has 1 unspecified atom stereocenters. The molecule has 2 aliphatic rings. The number of nitrogens with zero attached hydrogens (tertiary/aromatic N) is 2. The Morgan fingerprint density at radius 2 is 2.04 bits per heavy atom. The van der Waals surface area contributed by atoms with Crippen LogP contribution in [0, 0.1) is 0 Å². The quantitative estimate of drug-likeness (QED) is 0.940. The van der Waals surface area contributed by atoms with Gasteiger partial charge in [0, 0.05) is 24.9 Å². The minimum atomic E-state index is -0.123. The average molecular weight is 321 g/mol. The maximum Gasteiger partial charge on any atom is 0.125 e. The summed E-state index contributed by atoms with van der Waals surface area (Å²) in [5.74, 6) is 0.952. The van der Waals surface area contributed by atoms with Crippen LogP contribution in [0.2, 0.25) is 0 Å². The first-order valence-electron chi connectivity index (χ1n) is 8.51. The van der Waals surface area contributed by atoms with Crippen molar-refractivity contribution >= 4 is 5.71 Å². The number of hydrogen-bond acceptors (Lipinski definition) is 4. The molecule has 0 radical (unpaired) electrons. The van der Waals surface area contributed by atoms with E-state index in [4.69, 9.17) is 9.41 Å². The van der Waals surface area contributed by atoms with Crippen molar-refractivity contribution in [2.24, 2.45) is 4.99 Å². The molecule has 1 atom stereocenters. The van der Waals surface area contributed by atoms with Gasteiger partial charge in [-0.15, -0.1) is 0 Å². The summed E-state index contributed by atoms with van der Waals surface area (Å²) in [4.78, 5) is 7.28. The van der Waals surface area contributed by atoms with Crippen molar-refractivity contribution in [3.05, 3.63) is 71.8 Å². The van der Waals surface area contributed by atoms with Crippen molar-refractivity contribution in [1.29, 1.82) is 0 Å². The summed E-state index contributed by atoms with van der Waals surface area (Å²) in [5, 5.41) is 3.57. The third-order valence-electron chi connectivity index (χ3n) is 4.93. The van der Waals surface area contributed by atoms with Crippen molar-refractivity contribution in [3.8, 4) is 0 Å². The Kier molecular flexibility index (Phi) is 3.77. The van der Waals surface area contributed by atoms with Gasteiger partial charge in [0.2, 0.25) is 0 Å². The summed E-state index contributed by atoms with van der Waals surface area (Å²) in [7, 11) is 0. The second-order valence-electron chi connectivity index (χ2n) is 6.89. The van der Waals surface area contributed by atoms with E-state index < -0.39 is 0 Å². The van der Waals surface area contributed by atoms with Crippen LogP contribution >= 0.6 is 0 Å².